The zero-order chi connectivity index (χ0) is 14.7. The topological polar surface area (TPSA) is 46.9 Å². The van der Waals surface area contributed by atoms with E-state index in [9.17, 15) is 4.79 Å². The van der Waals surface area contributed by atoms with Gasteiger partial charge in [-0.1, -0.05) is 29.3 Å². The molecule has 0 fully saturated rings. The van der Waals surface area contributed by atoms with Crippen molar-refractivity contribution in [3.8, 4) is 0 Å². The second-order valence-electron chi connectivity index (χ2n) is 4.72. The molecule has 1 amide bonds. The van der Waals surface area contributed by atoms with Crippen molar-refractivity contribution in [1.82, 2.24) is 9.78 Å². The Balaban J connectivity index is 2.07. The van der Waals surface area contributed by atoms with Crippen LogP contribution in [-0.4, -0.2) is 15.7 Å². The normalized spacial score (nSPS) is 10.8. The molecule has 0 bridgehead atoms. The fourth-order valence-corrected chi connectivity index (χ4v) is 2.33. The van der Waals surface area contributed by atoms with Gasteiger partial charge in [0.15, 0.2) is 0 Å². The molecule has 0 aliphatic heterocycles. The van der Waals surface area contributed by atoms with Crippen molar-refractivity contribution in [2.45, 2.75) is 26.3 Å². The average Bonchev–Trinajstić information content (AvgIpc) is 2.81. The highest BCUT2D eigenvalue weighted by Crippen LogP contribution is 2.22. The second kappa shape index (κ2) is 6.29. The van der Waals surface area contributed by atoms with Gasteiger partial charge in [0, 0.05) is 22.2 Å². The zero-order valence-electron chi connectivity index (χ0n) is 11.2. The summed E-state index contributed by atoms with van der Waals surface area (Å²) in [5.74, 6) is 0.534. The van der Waals surface area contributed by atoms with Crippen LogP contribution in [0.4, 0.5) is 5.82 Å². The summed E-state index contributed by atoms with van der Waals surface area (Å²) in [4.78, 5) is 12.0. The van der Waals surface area contributed by atoms with Crippen LogP contribution in [0.25, 0.3) is 0 Å². The van der Waals surface area contributed by atoms with E-state index in [1.54, 1.807) is 35.1 Å². The second-order valence-corrected chi connectivity index (χ2v) is 5.56. The summed E-state index contributed by atoms with van der Waals surface area (Å²) >= 11 is 11.9. The molecule has 0 atom stereocenters. The number of hydrogen-bond donors (Lipinski definition) is 1. The quantitative estimate of drug-likeness (QED) is 0.929. The van der Waals surface area contributed by atoms with Crippen LogP contribution in [-0.2, 0) is 11.2 Å². The number of hydrogen-bond acceptors (Lipinski definition) is 2. The summed E-state index contributed by atoms with van der Waals surface area (Å²) in [5.41, 5.74) is 0.740. The predicted octanol–water partition coefficient (Wildman–Crippen LogP) is 3.95. The molecule has 6 heteroatoms. The summed E-state index contributed by atoms with van der Waals surface area (Å²) in [7, 11) is 0. The van der Waals surface area contributed by atoms with Crippen molar-refractivity contribution >= 4 is 34.9 Å². The number of amides is 1. The highest BCUT2D eigenvalue weighted by molar-refractivity contribution is 6.35. The Morgan fingerprint density at radius 3 is 2.75 bits per heavy atom. The minimum Gasteiger partial charge on any atom is -0.311 e. The maximum atomic E-state index is 12.0. The molecule has 1 aromatic heterocycles. The summed E-state index contributed by atoms with van der Waals surface area (Å²) in [6.07, 6.45) is 1.85. The van der Waals surface area contributed by atoms with Crippen molar-refractivity contribution < 1.29 is 4.79 Å². The summed E-state index contributed by atoms with van der Waals surface area (Å²) in [6.45, 7) is 4.00. The van der Waals surface area contributed by atoms with Crippen molar-refractivity contribution in [2.24, 2.45) is 0 Å². The Morgan fingerprint density at radius 2 is 2.10 bits per heavy atom. The van der Waals surface area contributed by atoms with Crippen LogP contribution in [0.1, 0.15) is 25.5 Å². The van der Waals surface area contributed by atoms with Crippen molar-refractivity contribution in [2.75, 3.05) is 5.32 Å². The number of carbonyl (C=O) groups is 1. The third kappa shape index (κ3) is 3.52. The first-order valence-corrected chi connectivity index (χ1v) is 7.00. The number of nitrogens with one attached hydrogen (secondary N) is 1. The Hall–Kier alpha value is -1.52. The van der Waals surface area contributed by atoms with E-state index in [-0.39, 0.29) is 18.4 Å². The molecule has 2 rings (SSSR count). The fraction of sp³-hybridized carbons (Fsp3) is 0.286. The Labute approximate surface area is 127 Å². The van der Waals surface area contributed by atoms with Gasteiger partial charge in [0.05, 0.1) is 12.6 Å². The minimum absolute atomic E-state index is 0.142. The van der Waals surface area contributed by atoms with E-state index in [1.165, 1.54) is 0 Å². The van der Waals surface area contributed by atoms with Gasteiger partial charge in [-0.2, -0.15) is 5.10 Å². The smallest absolute Gasteiger partial charge is 0.229 e. The van der Waals surface area contributed by atoms with Gasteiger partial charge in [-0.25, -0.2) is 4.68 Å². The fourth-order valence-electron chi connectivity index (χ4n) is 1.85. The van der Waals surface area contributed by atoms with Gasteiger partial charge in [0.25, 0.3) is 0 Å². The molecule has 0 aliphatic carbocycles. The molecule has 20 heavy (non-hydrogen) atoms. The van der Waals surface area contributed by atoms with Crippen LogP contribution in [0.5, 0.6) is 0 Å². The van der Waals surface area contributed by atoms with Crippen molar-refractivity contribution in [1.29, 1.82) is 0 Å². The molecular formula is C14H15Cl2N3O. The number of rotatable bonds is 4. The monoisotopic (exact) mass is 311 g/mol. The third-order valence-electron chi connectivity index (χ3n) is 2.79. The van der Waals surface area contributed by atoms with Crippen LogP contribution < -0.4 is 5.32 Å². The number of halogens is 2. The molecular weight excluding hydrogens is 297 g/mol. The van der Waals surface area contributed by atoms with E-state index in [1.807, 2.05) is 13.8 Å². The number of aromatic nitrogens is 2. The Kier molecular flexibility index (Phi) is 4.68. The van der Waals surface area contributed by atoms with Gasteiger partial charge in [-0.05, 0) is 31.5 Å². The molecule has 2 aromatic rings. The third-order valence-corrected chi connectivity index (χ3v) is 3.38. The van der Waals surface area contributed by atoms with Crippen LogP contribution >= 0.6 is 23.2 Å². The molecule has 1 heterocycles. The number of anilines is 1. The highest BCUT2D eigenvalue weighted by Gasteiger charge is 2.11. The van der Waals surface area contributed by atoms with Gasteiger partial charge in [-0.3, -0.25) is 4.79 Å². The van der Waals surface area contributed by atoms with E-state index in [4.69, 9.17) is 23.2 Å². The SMILES string of the molecule is CC(C)n1nccc1NC(=O)Cc1ccc(Cl)cc1Cl. The molecule has 4 nitrogen and oxygen atoms in total. The molecule has 0 aliphatic rings. The maximum Gasteiger partial charge on any atom is 0.229 e. The summed E-state index contributed by atoms with van der Waals surface area (Å²) < 4.78 is 1.75. The van der Waals surface area contributed by atoms with E-state index >= 15 is 0 Å². The molecule has 0 saturated carbocycles. The van der Waals surface area contributed by atoms with E-state index in [0.29, 0.717) is 15.9 Å². The van der Waals surface area contributed by atoms with Gasteiger partial charge in [0.2, 0.25) is 5.91 Å². The molecule has 106 valence electrons. The largest absolute Gasteiger partial charge is 0.311 e. The maximum absolute atomic E-state index is 12.0. The first kappa shape index (κ1) is 14.9. The van der Waals surface area contributed by atoms with Crippen molar-refractivity contribution in [3.63, 3.8) is 0 Å². The lowest BCUT2D eigenvalue weighted by atomic mass is 10.1. The molecule has 1 aromatic carbocycles. The molecule has 0 spiro atoms. The molecule has 1 N–H and O–H groups in total. The summed E-state index contributed by atoms with van der Waals surface area (Å²) in [5, 5.41) is 8.04. The lowest BCUT2D eigenvalue weighted by Crippen LogP contribution is -2.18. The van der Waals surface area contributed by atoms with Crippen LogP contribution in [0.2, 0.25) is 10.0 Å². The number of nitrogens with zero attached hydrogens (tertiary/aromatic N) is 2. The van der Waals surface area contributed by atoms with Gasteiger partial charge < -0.3 is 5.32 Å². The number of carbonyl (C=O) groups excluding carboxylic acids is 1. The first-order chi connectivity index (χ1) is 9.47. The number of benzene rings is 1. The van der Waals surface area contributed by atoms with E-state index in [2.05, 4.69) is 10.4 Å². The standard InChI is InChI=1S/C14H15Cl2N3O/c1-9(2)19-13(5-6-17-19)18-14(20)7-10-3-4-11(15)8-12(10)16/h3-6,8-9H,7H2,1-2H3,(H,18,20). The van der Waals surface area contributed by atoms with Crippen LogP contribution in [0, 0.1) is 0 Å². The predicted molar refractivity (Wildman–Crippen MR) is 81.4 cm³/mol. The zero-order valence-corrected chi connectivity index (χ0v) is 12.7. The van der Waals surface area contributed by atoms with E-state index in [0.717, 1.165) is 5.56 Å². The summed E-state index contributed by atoms with van der Waals surface area (Å²) in [6, 6.07) is 7.04. The van der Waals surface area contributed by atoms with Crippen LogP contribution in [0.15, 0.2) is 30.5 Å². The lowest BCUT2D eigenvalue weighted by molar-refractivity contribution is -0.115. The Bertz CT molecular complexity index is 623. The lowest BCUT2D eigenvalue weighted by Gasteiger charge is -2.12. The average molecular weight is 312 g/mol. The highest BCUT2D eigenvalue weighted by atomic mass is 35.5. The van der Waals surface area contributed by atoms with Crippen molar-refractivity contribution in [3.05, 3.63) is 46.1 Å². The van der Waals surface area contributed by atoms with Gasteiger partial charge in [0.1, 0.15) is 5.82 Å². The minimum atomic E-state index is -0.142. The van der Waals surface area contributed by atoms with Crippen LogP contribution in [0.3, 0.4) is 0 Å². The molecule has 0 unspecified atom stereocenters. The first-order valence-electron chi connectivity index (χ1n) is 6.24. The molecule has 0 radical (unpaired) electrons. The Morgan fingerprint density at radius 1 is 1.35 bits per heavy atom. The van der Waals surface area contributed by atoms with Gasteiger partial charge >= 0.3 is 0 Å². The van der Waals surface area contributed by atoms with E-state index < -0.39 is 0 Å². The van der Waals surface area contributed by atoms with Gasteiger partial charge in [-0.15, -0.1) is 0 Å². The molecule has 0 saturated heterocycles.